The Kier molecular flexibility index (Phi) is 3.99. The molecule has 0 spiro atoms. The van der Waals surface area contributed by atoms with E-state index < -0.39 is 0 Å². The van der Waals surface area contributed by atoms with Gasteiger partial charge >= 0.3 is 0 Å². The molecule has 0 aromatic heterocycles. The summed E-state index contributed by atoms with van der Waals surface area (Å²) >= 11 is 0. The number of ether oxygens (including phenoxy) is 1. The number of aryl methyl sites for hydroxylation is 1. The van der Waals surface area contributed by atoms with Gasteiger partial charge in [0.1, 0.15) is 11.5 Å². The monoisotopic (exact) mass is 237 g/mol. The average molecular weight is 237 g/mol. The van der Waals surface area contributed by atoms with E-state index in [1.54, 1.807) is 12.1 Å². The van der Waals surface area contributed by atoms with Gasteiger partial charge in [-0.15, -0.1) is 0 Å². The van der Waals surface area contributed by atoms with Gasteiger partial charge in [0.25, 0.3) is 5.91 Å². The summed E-state index contributed by atoms with van der Waals surface area (Å²) in [6.07, 6.45) is 0. The van der Waals surface area contributed by atoms with Crippen LogP contribution < -0.4 is 10.1 Å². The van der Waals surface area contributed by atoms with Crippen molar-refractivity contribution >= 4 is 5.91 Å². The molecule has 0 bridgehead atoms. The summed E-state index contributed by atoms with van der Waals surface area (Å²) < 4.78 is 5.30. The fourth-order valence-corrected chi connectivity index (χ4v) is 1.41. The minimum atomic E-state index is -0.269. The molecule has 0 saturated heterocycles. The number of nitrogens with one attached hydrogen (secondary N) is 1. The maximum absolute atomic E-state index is 11.5. The van der Waals surface area contributed by atoms with Crippen molar-refractivity contribution in [3.05, 3.63) is 23.8 Å². The van der Waals surface area contributed by atoms with Crippen LogP contribution in [0.3, 0.4) is 0 Å². The third kappa shape index (κ3) is 5.24. The second kappa shape index (κ2) is 5.08. The van der Waals surface area contributed by atoms with E-state index in [4.69, 9.17) is 4.74 Å². The predicted octanol–water partition coefficient (Wildman–Crippen LogP) is 1.99. The van der Waals surface area contributed by atoms with Crippen LogP contribution in [-0.4, -0.2) is 23.2 Å². The molecule has 0 aliphatic heterocycles. The maximum atomic E-state index is 11.5. The van der Waals surface area contributed by atoms with Crippen molar-refractivity contribution in [1.29, 1.82) is 0 Å². The van der Waals surface area contributed by atoms with Gasteiger partial charge < -0.3 is 15.2 Å². The van der Waals surface area contributed by atoms with E-state index in [1.807, 2.05) is 27.7 Å². The van der Waals surface area contributed by atoms with Gasteiger partial charge in [0, 0.05) is 11.6 Å². The molecule has 0 fully saturated rings. The summed E-state index contributed by atoms with van der Waals surface area (Å²) in [4.78, 5) is 11.5. The zero-order valence-electron chi connectivity index (χ0n) is 10.7. The van der Waals surface area contributed by atoms with E-state index in [1.165, 1.54) is 6.07 Å². The molecule has 1 rings (SSSR count). The van der Waals surface area contributed by atoms with Gasteiger partial charge in [-0.05, 0) is 45.4 Å². The molecule has 0 atom stereocenters. The summed E-state index contributed by atoms with van der Waals surface area (Å²) in [5.74, 6) is 0.446. The number of benzene rings is 1. The van der Waals surface area contributed by atoms with Crippen LogP contribution in [0.4, 0.5) is 0 Å². The molecule has 17 heavy (non-hydrogen) atoms. The predicted molar refractivity (Wildman–Crippen MR) is 66.2 cm³/mol. The quantitative estimate of drug-likeness (QED) is 0.845. The summed E-state index contributed by atoms with van der Waals surface area (Å²) in [6, 6.07) is 4.88. The summed E-state index contributed by atoms with van der Waals surface area (Å²) in [7, 11) is 0. The highest BCUT2D eigenvalue weighted by atomic mass is 16.5. The standard InChI is InChI=1S/C13H19NO3/c1-9-5-10(15)7-11(6-9)17-8-12(16)14-13(2,3)4/h5-7,15H,8H2,1-4H3,(H,14,16). The lowest BCUT2D eigenvalue weighted by Crippen LogP contribution is -2.43. The van der Waals surface area contributed by atoms with Gasteiger partial charge in [0.15, 0.2) is 6.61 Å². The second-order valence-electron chi connectivity index (χ2n) is 5.09. The van der Waals surface area contributed by atoms with Gasteiger partial charge in [-0.1, -0.05) is 0 Å². The molecule has 0 heterocycles. The van der Waals surface area contributed by atoms with Gasteiger partial charge in [-0.2, -0.15) is 0 Å². The molecule has 4 nitrogen and oxygen atoms in total. The summed E-state index contributed by atoms with van der Waals surface area (Å²) in [5.41, 5.74) is 0.617. The second-order valence-corrected chi connectivity index (χ2v) is 5.09. The maximum Gasteiger partial charge on any atom is 0.258 e. The molecule has 1 aromatic carbocycles. The van der Waals surface area contributed by atoms with E-state index >= 15 is 0 Å². The molecule has 0 unspecified atom stereocenters. The number of rotatable bonds is 3. The molecule has 0 saturated carbocycles. The first-order valence-electron chi connectivity index (χ1n) is 5.51. The van der Waals surface area contributed by atoms with Gasteiger partial charge in [-0.3, -0.25) is 4.79 Å². The number of carbonyl (C=O) groups excluding carboxylic acids is 1. The fourth-order valence-electron chi connectivity index (χ4n) is 1.41. The minimum Gasteiger partial charge on any atom is -0.508 e. The molecular formula is C13H19NO3. The highest BCUT2D eigenvalue weighted by Gasteiger charge is 2.13. The Morgan fingerprint density at radius 2 is 2.00 bits per heavy atom. The van der Waals surface area contributed by atoms with Crippen LogP contribution in [0.1, 0.15) is 26.3 Å². The molecule has 0 aliphatic carbocycles. The SMILES string of the molecule is Cc1cc(O)cc(OCC(=O)NC(C)(C)C)c1. The number of phenolic OH excluding ortho intramolecular Hbond substituents is 1. The average Bonchev–Trinajstić information content (AvgIpc) is 2.10. The van der Waals surface area contributed by atoms with Crippen molar-refractivity contribution < 1.29 is 14.6 Å². The van der Waals surface area contributed by atoms with Crippen molar-refractivity contribution in [1.82, 2.24) is 5.32 Å². The smallest absolute Gasteiger partial charge is 0.258 e. The molecule has 0 radical (unpaired) electrons. The Bertz CT molecular complexity index is 387. The first-order valence-corrected chi connectivity index (χ1v) is 5.51. The van der Waals surface area contributed by atoms with Crippen LogP contribution >= 0.6 is 0 Å². The topological polar surface area (TPSA) is 58.6 Å². The lowest BCUT2D eigenvalue weighted by atomic mass is 10.1. The molecular weight excluding hydrogens is 218 g/mol. The lowest BCUT2D eigenvalue weighted by Gasteiger charge is -2.20. The van der Waals surface area contributed by atoms with E-state index in [0.29, 0.717) is 5.75 Å². The lowest BCUT2D eigenvalue weighted by molar-refractivity contribution is -0.124. The number of hydrogen-bond donors (Lipinski definition) is 2. The van der Waals surface area contributed by atoms with Crippen LogP contribution in [-0.2, 0) is 4.79 Å². The van der Waals surface area contributed by atoms with Gasteiger partial charge in [0.05, 0.1) is 0 Å². The Morgan fingerprint density at radius 1 is 1.35 bits per heavy atom. The molecule has 1 amide bonds. The summed E-state index contributed by atoms with van der Waals surface area (Å²) in [5, 5.41) is 12.2. The van der Waals surface area contributed by atoms with Crippen molar-refractivity contribution in [3.63, 3.8) is 0 Å². The number of amides is 1. The van der Waals surface area contributed by atoms with Crippen LogP contribution in [0.2, 0.25) is 0 Å². The van der Waals surface area contributed by atoms with E-state index in [0.717, 1.165) is 5.56 Å². The van der Waals surface area contributed by atoms with E-state index in [2.05, 4.69) is 5.32 Å². The van der Waals surface area contributed by atoms with Crippen LogP contribution in [0.15, 0.2) is 18.2 Å². The van der Waals surface area contributed by atoms with Gasteiger partial charge in [0.2, 0.25) is 0 Å². The minimum absolute atomic E-state index is 0.0554. The van der Waals surface area contributed by atoms with Crippen molar-refractivity contribution in [3.8, 4) is 11.5 Å². The van der Waals surface area contributed by atoms with Crippen LogP contribution in [0, 0.1) is 6.92 Å². The molecule has 1 aromatic rings. The van der Waals surface area contributed by atoms with E-state index in [-0.39, 0.29) is 23.8 Å². The zero-order valence-corrected chi connectivity index (χ0v) is 10.7. The van der Waals surface area contributed by atoms with Crippen molar-refractivity contribution in [2.75, 3.05) is 6.61 Å². The van der Waals surface area contributed by atoms with Crippen molar-refractivity contribution in [2.45, 2.75) is 33.2 Å². The first kappa shape index (κ1) is 13.4. The fraction of sp³-hybridized carbons (Fsp3) is 0.462. The molecule has 0 aliphatic rings. The number of hydrogen-bond acceptors (Lipinski definition) is 3. The Morgan fingerprint density at radius 3 is 2.53 bits per heavy atom. The summed E-state index contributed by atoms with van der Waals surface area (Å²) in [6.45, 7) is 7.51. The number of aromatic hydroxyl groups is 1. The van der Waals surface area contributed by atoms with Gasteiger partial charge in [-0.25, -0.2) is 0 Å². The molecule has 94 valence electrons. The normalized spacial score (nSPS) is 11.1. The Labute approximate surface area is 102 Å². The number of carbonyl (C=O) groups is 1. The highest BCUT2D eigenvalue weighted by Crippen LogP contribution is 2.20. The molecule has 4 heteroatoms. The highest BCUT2D eigenvalue weighted by molar-refractivity contribution is 5.78. The van der Waals surface area contributed by atoms with Crippen LogP contribution in [0.5, 0.6) is 11.5 Å². The number of phenols is 1. The van der Waals surface area contributed by atoms with E-state index in [9.17, 15) is 9.90 Å². The van der Waals surface area contributed by atoms with Crippen molar-refractivity contribution in [2.24, 2.45) is 0 Å². The molecule has 2 N–H and O–H groups in total. The largest absolute Gasteiger partial charge is 0.508 e. The Hall–Kier alpha value is -1.71. The Balaban J connectivity index is 2.53. The third-order valence-electron chi connectivity index (χ3n) is 1.92. The third-order valence-corrected chi connectivity index (χ3v) is 1.92. The first-order chi connectivity index (χ1) is 7.76. The zero-order chi connectivity index (χ0) is 13.1. The van der Waals surface area contributed by atoms with Crippen LogP contribution in [0.25, 0.3) is 0 Å².